The number of nitrogens with one attached hydrogen (secondary N) is 1. The average molecular weight is 223 g/mol. The highest BCUT2D eigenvalue weighted by Crippen LogP contribution is 2.25. The predicted octanol–water partition coefficient (Wildman–Crippen LogP) is 0.360. The fourth-order valence-corrected chi connectivity index (χ4v) is 1.93. The highest BCUT2D eigenvalue weighted by Gasteiger charge is 2.48. The van der Waals surface area contributed by atoms with Crippen LogP contribution in [-0.4, -0.2) is 45.9 Å². The summed E-state index contributed by atoms with van der Waals surface area (Å²) in [5.74, 6) is 0.0556. The lowest BCUT2D eigenvalue weighted by Crippen LogP contribution is -2.66. The van der Waals surface area contributed by atoms with Gasteiger partial charge in [0.05, 0.1) is 19.5 Å². The molecule has 0 radical (unpaired) electrons. The number of methoxy groups -OCH3 is 1. The Labute approximate surface area is 92.6 Å². The molecule has 0 saturated carbocycles. The van der Waals surface area contributed by atoms with E-state index >= 15 is 0 Å². The number of carbonyl (C=O) groups excluding carboxylic acids is 2. The van der Waals surface area contributed by atoms with Crippen molar-refractivity contribution in [3.05, 3.63) is 18.2 Å². The van der Waals surface area contributed by atoms with Gasteiger partial charge >= 0.3 is 6.09 Å². The fourth-order valence-electron chi connectivity index (χ4n) is 1.93. The van der Waals surface area contributed by atoms with E-state index in [2.05, 4.69) is 14.7 Å². The molecular formula is C10H13N3O3. The minimum atomic E-state index is -0.461. The number of carbonyl (C=O) groups is 2. The minimum absolute atomic E-state index is 0.0556. The number of aromatic nitrogens is 2. The summed E-state index contributed by atoms with van der Waals surface area (Å²) < 4.78 is 4.63. The van der Waals surface area contributed by atoms with Gasteiger partial charge in [0.25, 0.3) is 0 Å². The maximum absolute atomic E-state index is 11.6. The van der Waals surface area contributed by atoms with E-state index in [1.807, 2.05) is 0 Å². The number of aromatic amines is 1. The molecule has 6 nitrogen and oxygen atoms in total. The number of ketones is 1. The van der Waals surface area contributed by atoms with Crippen molar-refractivity contribution in [2.24, 2.45) is 0 Å². The molecule has 1 N–H and O–H groups in total. The lowest BCUT2D eigenvalue weighted by molar-refractivity contribution is -0.141. The van der Waals surface area contributed by atoms with Crippen LogP contribution in [-0.2, 0) is 16.0 Å². The first-order valence-corrected chi connectivity index (χ1v) is 5.02. The molecule has 1 aromatic heterocycles. The van der Waals surface area contributed by atoms with Gasteiger partial charge in [-0.05, 0) is 6.92 Å². The van der Waals surface area contributed by atoms with E-state index in [1.54, 1.807) is 19.4 Å². The molecule has 1 aromatic rings. The summed E-state index contributed by atoms with van der Waals surface area (Å²) in [5.41, 5.74) is 0.833. The van der Waals surface area contributed by atoms with Crippen molar-refractivity contribution in [3.63, 3.8) is 0 Å². The second-order valence-electron chi connectivity index (χ2n) is 3.75. The minimum Gasteiger partial charge on any atom is -0.453 e. The number of ether oxygens (including phenoxy) is 1. The number of H-pyrrole nitrogens is 1. The predicted molar refractivity (Wildman–Crippen MR) is 54.8 cm³/mol. The second-order valence-corrected chi connectivity index (χ2v) is 3.75. The zero-order valence-corrected chi connectivity index (χ0v) is 9.14. The first kappa shape index (κ1) is 10.7. The molecule has 16 heavy (non-hydrogen) atoms. The van der Waals surface area contributed by atoms with E-state index in [0.717, 1.165) is 5.69 Å². The first-order valence-electron chi connectivity index (χ1n) is 5.02. The van der Waals surface area contributed by atoms with Crippen LogP contribution in [0.5, 0.6) is 0 Å². The maximum atomic E-state index is 11.6. The number of likely N-dealkylation sites (tertiary alicyclic amines) is 1. The average Bonchev–Trinajstić information content (AvgIpc) is 2.80. The van der Waals surface area contributed by atoms with Crippen molar-refractivity contribution < 1.29 is 14.3 Å². The third-order valence-electron chi connectivity index (χ3n) is 2.85. The SMILES string of the molecule is COC(=O)N1C(C)C(=O)[C@@H]1Cc1cnc[nH]1. The summed E-state index contributed by atoms with van der Waals surface area (Å²) in [7, 11) is 1.31. The van der Waals surface area contributed by atoms with Gasteiger partial charge in [-0.2, -0.15) is 0 Å². The summed E-state index contributed by atoms with van der Waals surface area (Å²) in [6.45, 7) is 1.70. The molecular weight excluding hydrogens is 210 g/mol. The van der Waals surface area contributed by atoms with Gasteiger partial charge in [-0.15, -0.1) is 0 Å². The highest BCUT2D eigenvalue weighted by atomic mass is 16.5. The van der Waals surface area contributed by atoms with Crippen LogP contribution in [0, 0.1) is 0 Å². The number of Topliss-reactive ketones (excluding diaryl/α,β-unsaturated/α-hetero) is 1. The Kier molecular flexibility index (Phi) is 2.64. The lowest BCUT2D eigenvalue weighted by Gasteiger charge is -2.43. The maximum Gasteiger partial charge on any atom is 0.410 e. The molecule has 86 valence electrons. The van der Waals surface area contributed by atoms with Gasteiger partial charge in [0.15, 0.2) is 5.78 Å². The van der Waals surface area contributed by atoms with Crippen LogP contribution in [0.1, 0.15) is 12.6 Å². The van der Waals surface area contributed by atoms with Gasteiger partial charge in [-0.3, -0.25) is 9.69 Å². The van der Waals surface area contributed by atoms with Gasteiger partial charge in [0.1, 0.15) is 6.04 Å². The first-order chi connectivity index (χ1) is 7.65. The van der Waals surface area contributed by atoms with Crippen molar-refractivity contribution in [2.45, 2.75) is 25.4 Å². The number of hydrogen-bond donors (Lipinski definition) is 1. The summed E-state index contributed by atoms with van der Waals surface area (Å²) in [4.78, 5) is 31.3. The van der Waals surface area contributed by atoms with Crippen LogP contribution in [0.3, 0.4) is 0 Å². The van der Waals surface area contributed by atoms with Crippen molar-refractivity contribution in [3.8, 4) is 0 Å². The Balaban J connectivity index is 2.08. The molecule has 0 aliphatic carbocycles. The highest BCUT2D eigenvalue weighted by molar-refractivity contribution is 6.00. The summed E-state index contributed by atoms with van der Waals surface area (Å²) in [5, 5.41) is 0. The molecule has 1 aliphatic rings. The van der Waals surface area contributed by atoms with Gasteiger partial charge in [0, 0.05) is 18.3 Å². The zero-order chi connectivity index (χ0) is 11.7. The van der Waals surface area contributed by atoms with Crippen molar-refractivity contribution in [1.82, 2.24) is 14.9 Å². The van der Waals surface area contributed by atoms with Gasteiger partial charge in [0.2, 0.25) is 0 Å². The van der Waals surface area contributed by atoms with Crippen molar-refractivity contribution in [1.29, 1.82) is 0 Å². The molecule has 1 saturated heterocycles. The number of imidazole rings is 1. The van der Waals surface area contributed by atoms with E-state index in [4.69, 9.17) is 0 Å². The number of nitrogens with zero attached hydrogens (tertiary/aromatic N) is 2. The Morgan fingerprint density at radius 3 is 3.00 bits per heavy atom. The molecule has 6 heteroatoms. The molecule has 2 atom stereocenters. The van der Waals surface area contributed by atoms with Gasteiger partial charge < -0.3 is 9.72 Å². The second kappa shape index (κ2) is 3.96. The van der Waals surface area contributed by atoms with Crippen LogP contribution in [0.4, 0.5) is 4.79 Å². The normalized spacial score (nSPS) is 24.1. The van der Waals surface area contributed by atoms with E-state index in [9.17, 15) is 9.59 Å². The van der Waals surface area contributed by atoms with Crippen molar-refractivity contribution in [2.75, 3.05) is 7.11 Å². The zero-order valence-electron chi connectivity index (χ0n) is 9.14. The van der Waals surface area contributed by atoms with Crippen molar-refractivity contribution >= 4 is 11.9 Å². The molecule has 0 aromatic carbocycles. The Morgan fingerprint density at radius 1 is 1.69 bits per heavy atom. The molecule has 0 spiro atoms. The monoisotopic (exact) mass is 223 g/mol. The third kappa shape index (κ3) is 1.56. The van der Waals surface area contributed by atoms with Crippen LogP contribution in [0.25, 0.3) is 0 Å². The Bertz CT molecular complexity index is 401. The molecule has 2 rings (SSSR count). The fraction of sp³-hybridized carbons (Fsp3) is 0.500. The van der Waals surface area contributed by atoms with E-state index in [1.165, 1.54) is 12.0 Å². The van der Waals surface area contributed by atoms with Crippen LogP contribution < -0.4 is 0 Å². The largest absolute Gasteiger partial charge is 0.453 e. The summed E-state index contributed by atoms with van der Waals surface area (Å²) in [6.07, 6.45) is 3.19. The molecule has 0 bridgehead atoms. The molecule has 1 amide bonds. The van der Waals surface area contributed by atoms with E-state index < -0.39 is 12.1 Å². The molecule has 2 heterocycles. The smallest absolute Gasteiger partial charge is 0.410 e. The summed E-state index contributed by atoms with van der Waals surface area (Å²) >= 11 is 0. The van der Waals surface area contributed by atoms with Gasteiger partial charge in [-0.1, -0.05) is 0 Å². The standard InChI is InChI=1S/C10H13N3O3/c1-6-9(14)8(13(6)10(15)16-2)3-7-4-11-5-12-7/h4-6,8H,3H2,1-2H3,(H,11,12)/t6?,8-/m0/s1. The quantitative estimate of drug-likeness (QED) is 0.785. The number of rotatable bonds is 2. The van der Waals surface area contributed by atoms with E-state index in [0.29, 0.717) is 6.42 Å². The number of hydrogen-bond acceptors (Lipinski definition) is 4. The number of amides is 1. The molecule has 1 aliphatic heterocycles. The third-order valence-corrected chi connectivity index (χ3v) is 2.85. The molecule has 1 unspecified atom stereocenters. The Morgan fingerprint density at radius 2 is 2.44 bits per heavy atom. The van der Waals surface area contributed by atoms with Crippen LogP contribution in [0.15, 0.2) is 12.5 Å². The topological polar surface area (TPSA) is 75.3 Å². The van der Waals surface area contributed by atoms with E-state index in [-0.39, 0.29) is 11.8 Å². The Hall–Kier alpha value is -1.85. The van der Waals surface area contributed by atoms with Crippen LogP contribution in [0.2, 0.25) is 0 Å². The van der Waals surface area contributed by atoms with Gasteiger partial charge in [-0.25, -0.2) is 9.78 Å². The lowest BCUT2D eigenvalue weighted by atomic mass is 9.89. The summed E-state index contributed by atoms with van der Waals surface area (Å²) in [6, 6.07) is -0.816. The van der Waals surface area contributed by atoms with Crippen LogP contribution >= 0.6 is 0 Å². The molecule has 1 fully saturated rings.